The van der Waals surface area contributed by atoms with Crippen LogP contribution < -0.4 is 5.32 Å². The predicted molar refractivity (Wildman–Crippen MR) is 98.4 cm³/mol. The Hall–Kier alpha value is -1.05. The van der Waals surface area contributed by atoms with Gasteiger partial charge in [-0.15, -0.1) is 0 Å². The van der Waals surface area contributed by atoms with Gasteiger partial charge in [0.25, 0.3) is 0 Å². The first kappa shape index (κ1) is 19.0. The Labute approximate surface area is 138 Å². The van der Waals surface area contributed by atoms with Crippen molar-refractivity contribution >= 4 is 5.69 Å². The van der Waals surface area contributed by atoms with Crippen molar-refractivity contribution in [2.45, 2.75) is 90.4 Å². The van der Waals surface area contributed by atoms with E-state index in [2.05, 4.69) is 17.2 Å². The molecule has 1 heterocycles. The fourth-order valence-corrected chi connectivity index (χ4v) is 2.85. The summed E-state index contributed by atoms with van der Waals surface area (Å²) in [5, 5.41) is 3.44. The van der Waals surface area contributed by atoms with Crippen LogP contribution in [0.5, 0.6) is 0 Å². The molecule has 2 heteroatoms. The topological polar surface area (TPSA) is 24.9 Å². The van der Waals surface area contributed by atoms with Gasteiger partial charge in [0.1, 0.15) is 0 Å². The largest absolute Gasteiger partial charge is 0.385 e. The quantitative estimate of drug-likeness (QED) is 0.370. The number of hydrogen-bond acceptors (Lipinski definition) is 2. The first-order valence-electron chi connectivity index (χ1n) is 9.57. The summed E-state index contributed by atoms with van der Waals surface area (Å²) < 4.78 is 0. The van der Waals surface area contributed by atoms with Gasteiger partial charge in [0, 0.05) is 24.6 Å². The molecule has 0 radical (unpaired) electrons. The second-order valence-electron chi connectivity index (χ2n) is 6.41. The molecule has 0 unspecified atom stereocenters. The van der Waals surface area contributed by atoms with Gasteiger partial charge in [-0.1, -0.05) is 84.0 Å². The standard InChI is InChI=1S/C20H36N2/c1-2-3-4-5-6-7-8-9-10-11-12-13-14-17-22-20-15-18-21-19-16-20/h15-16,18-19H,2-14,17H2,1H3,(H,21,22). The van der Waals surface area contributed by atoms with Gasteiger partial charge in [0.2, 0.25) is 0 Å². The molecule has 0 spiro atoms. The molecule has 0 saturated heterocycles. The summed E-state index contributed by atoms with van der Waals surface area (Å²) in [4.78, 5) is 4.02. The lowest BCUT2D eigenvalue weighted by molar-refractivity contribution is 0.541. The zero-order chi connectivity index (χ0) is 15.7. The molecular formula is C20H36N2. The summed E-state index contributed by atoms with van der Waals surface area (Å²) in [5.41, 5.74) is 1.19. The average molecular weight is 305 g/mol. The molecule has 22 heavy (non-hydrogen) atoms. The van der Waals surface area contributed by atoms with E-state index in [9.17, 15) is 0 Å². The van der Waals surface area contributed by atoms with E-state index in [1.54, 1.807) is 0 Å². The molecule has 0 aromatic carbocycles. The van der Waals surface area contributed by atoms with Crippen LogP contribution in [0.4, 0.5) is 5.69 Å². The Kier molecular flexibility index (Phi) is 12.8. The summed E-state index contributed by atoms with van der Waals surface area (Å²) in [6, 6.07) is 4.06. The molecular weight excluding hydrogens is 268 g/mol. The van der Waals surface area contributed by atoms with Crippen molar-refractivity contribution in [1.29, 1.82) is 0 Å². The maximum Gasteiger partial charge on any atom is 0.0371 e. The third-order valence-corrected chi connectivity index (χ3v) is 4.29. The summed E-state index contributed by atoms with van der Waals surface area (Å²) in [6.07, 6.45) is 22.1. The third-order valence-electron chi connectivity index (χ3n) is 4.29. The van der Waals surface area contributed by atoms with E-state index in [1.165, 1.54) is 89.2 Å². The Balaban J connectivity index is 1.73. The number of nitrogens with one attached hydrogen (secondary N) is 1. The van der Waals surface area contributed by atoms with Crippen LogP contribution in [0, 0.1) is 0 Å². The van der Waals surface area contributed by atoms with E-state index in [0.717, 1.165) is 6.54 Å². The lowest BCUT2D eigenvalue weighted by atomic mass is 10.0. The first-order valence-corrected chi connectivity index (χ1v) is 9.57. The van der Waals surface area contributed by atoms with Gasteiger partial charge in [-0.25, -0.2) is 0 Å². The Morgan fingerprint density at radius 2 is 1.14 bits per heavy atom. The number of rotatable bonds is 15. The van der Waals surface area contributed by atoms with Crippen LogP contribution in [0.2, 0.25) is 0 Å². The van der Waals surface area contributed by atoms with Crippen LogP contribution in [0.25, 0.3) is 0 Å². The molecule has 0 aliphatic rings. The second-order valence-corrected chi connectivity index (χ2v) is 6.41. The number of nitrogens with zero attached hydrogens (tertiary/aromatic N) is 1. The molecule has 2 nitrogen and oxygen atoms in total. The van der Waals surface area contributed by atoms with Crippen molar-refractivity contribution in [2.75, 3.05) is 11.9 Å². The van der Waals surface area contributed by atoms with Crippen LogP contribution in [0.1, 0.15) is 90.4 Å². The minimum Gasteiger partial charge on any atom is -0.385 e. The van der Waals surface area contributed by atoms with E-state index in [1.807, 2.05) is 24.5 Å². The van der Waals surface area contributed by atoms with Gasteiger partial charge >= 0.3 is 0 Å². The van der Waals surface area contributed by atoms with E-state index in [-0.39, 0.29) is 0 Å². The van der Waals surface area contributed by atoms with Crippen LogP contribution in [0.3, 0.4) is 0 Å². The average Bonchev–Trinajstić information content (AvgIpc) is 2.56. The first-order chi connectivity index (χ1) is 10.9. The predicted octanol–water partition coefficient (Wildman–Crippen LogP) is 6.58. The van der Waals surface area contributed by atoms with E-state index in [0.29, 0.717) is 0 Å². The maximum absolute atomic E-state index is 4.02. The monoisotopic (exact) mass is 304 g/mol. The summed E-state index contributed by atoms with van der Waals surface area (Å²) in [6.45, 7) is 3.37. The molecule has 0 aliphatic heterocycles. The number of aromatic nitrogens is 1. The van der Waals surface area contributed by atoms with Gasteiger partial charge in [-0.2, -0.15) is 0 Å². The summed E-state index contributed by atoms with van der Waals surface area (Å²) >= 11 is 0. The molecule has 1 rings (SSSR count). The number of hydrogen-bond donors (Lipinski definition) is 1. The minimum atomic E-state index is 1.09. The SMILES string of the molecule is CCCCCCCCCCCCCCCNc1ccncc1. The van der Waals surface area contributed by atoms with E-state index in [4.69, 9.17) is 0 Å². The molecule has 0 bridgehead atoms. The van der Waals surface area contributed by atoms with Gasteiger partial charge in [-0.3, -0.25) is 4.98 Å². The lowest BCUT2D eigenvalue weighted by Crippen LogP contribution is -2.01. The third kappa shape index (κ3) is 11.6. The van der Waals surface area contributed by atoms with Crippen LogP contribution in [-0.4, -0.2) is 11.5 Å². The molecule has 1 aromatic heterocycles. The molecule has 126 valence electrons. The Morgan fingerprint density at radius 1 is 0.682 bits per heavy atom. The zero-order valence-electron chi connectivity index (χ0n) is 14.7. The minimum absolute atomic E-state index is 1.09. The summed E-state index contributed by atoms with van der Waals surface area (Å²) in [5.74, 6) is 0. The summed E-state index contributed by atoms with van der Waals surface area (Å²) in [7, 11) is 0. The molecule has 0 aliphatic carbocycles. The zero-order valence-corrected chi connectivity index (χ0v) is 14.7. The van der Waals surface area contributed by atoms with Gasteiger partial charge < -0.3 is 5.32 Å². The smallest absolute Gasteiger partial charge is 0.0371 e. The molecule has 0 fully saturated rings. The Bertz CT molecular complexity index is 324. The van der Waals surface area contributed by atoms with Crippen LogP contribution >= 0.6 is 0 Å². The molecule has 0 atom stereocenters. The molecule has 1 N–H and O–H groups in total. The highest BCUT2D eigenvalue weighted by molar-refractivity contribution is 5.40. The van der Waals surface area contributed by atoms with Crippen molar-refractivity contribution in [3.05, 3.63) is 24.5 Å². The highest BCUT2D eigenvalue weighted by Crippen LogP contribution is 2.12. The number of pyridine rings is 1. The highest BCUT2D eigenvalue weighted by Gasteiger charge is 1.94. The van der Waals surface area contributed by atoms with E-state index < -0.39 is 0 Å². The van der Waals surface area contributed by atoms with Crippen molar-refractivity contribution < 1.29 is 0 Å². The molecule has 0 saturated carbocycles. The van der Waals surface area contributed by atoms with Gasteiger partial charge in [-0.05, 0) is 18.6 Å². The fourth-order valence-electron chi connectivity index (χ4n) is 2.85. The lowest BCUT2D eigenvalue weighted by Gasteiger charge is -2.06. The molecule has 0 amide bonds. The number of unbranched alkanes of at least 4 members (excludes halogenated alkanes) is 12. The molecule has 1 aromatic rings. The van der Waals surface area contributed by atoms with Gasteiger partial charge in [0.15, 0.2) is 0 Å². The normalized spacial score (nSPS) is 10.8. The van der Waals surface area contributed by atoms with Crippen molar-refractivity contribution in [2.24, 2.45) is 0 Å². The van der Waals surface area contributed by atoms with Crippen molar-refractivity contribution in [3.63, 3.8) is 0 Å². The Morgan fingerprint density at radius 3 is 1.64 bits per heavy atom. The number of anilines is 1. The van der Waals surface area contributed by atoms with Crippen molar-refractivity contribution in [3.8, 4) is 0 Å². The highest BCUT2D eigenvalue weighted by atomic mass is 14.9. The maximum atomic E-state index is 4.02. The van der Waals surface area contributed by atoms with E-state index >= 15 is 0 Å². The fraction of sp³-hybridized carbons (Fsp3) is 0.750. The second kappa shape index (κ2) is 14.9. The van der Waals surface area contributed by atoms with Crippen LogP contribution in [-0.2, 0) is 0 Å². The van der Waals surface area contributed by atoms with Crippen LogP contribution in [0.15, 0.2) is 24.5 Å². The van der Waals surface area contributed by atoms with Gasteiger partial charge in [0.05, 0.1) is 0 Å². The van der Waals surface area contributed by atoms with Crippen molar-refractivity contribution in [1.82, 2.24) is 4.98 Å².